The first kappa shape index (κ1) is 12.4. The second-order valence-corrected chi connectivity index (χ2v) is 4.21. The minimum atomic E-state index is -0.229. The standard InChI is InChI=1S/C15H16O3/c1-2-3-8-15(17)18-14-10-9-13(16)11-6-4-5-7-12(11)14/h4-7,9-10,16H,2-3,8H2,1H3. The number of fused-ring (bicyclic) bond motifs is 1. The summed E-state index contributed by atoms with van der Waals surface area (Å²) in [6.45, 7) is 2.03. The molecule has 0 unspecified atom stereocenters. The van der Waals surface area contributed by atoms with E-state index in [1.807, 2.05) is 25.1 Å². The van der Waals surface area contributed by atoms with Gasteiger partial charge in [-0.1, -0.05) is 37.6 Å². The molecule has 0 aliphatic rings. The van der Waals surface area contributed by atoms with Crippen molar-refractivity contribution in [1.82, 2.24) is 0 Å². The largest absolute Gasteiger partial charge is 0.507 e. The summed E-state index contributed by atoms with van der Waals surface area (Å²) >= 11 is 0. The highest BCUT2D eigenvalue weighted by Gasteiger charge is 2.09. The van der Waals surface area contributed by atoms with Gasteiger partial charge in [-0.05, 0) is 18.6 Å². The Hall–Kier alpha value is -2.03. The first-order valence-corrected chi connectivity index (χ1v) is 6.13. The van der Waals surface area contributed by atoms with E-state index >= 15 is 0 Å². The third-order valence-electron chi connectivity index (χ3n) is 2.82. The van der Waals surface area contributed by atoms with Crippen molar-refractivity contribution < 1.29 is 14.6 Å². The quantitative estimate of drug-likeness (QED) is 0.659. The minimum Gasteiger partial charge on any atom is -0.507 e. The van der Waals surface area contributed by atoms with Gasteiger partial charge in [0.1, 0.15) is 11.5 Å². The minimum absolute atomic E-state index is 0.193. The summed E-state index contributed by atoms with van der Waals surface area (Å²) in [5.41, 5.74) is 0. The SMILES string of the molecule is CCCCC(=O)Oc1ccc(O)c2ccccc12. The van der Waals surface area contributed by atoms with Crippen LogP contribution in [0.25, 0.3) is 10.8 Å². The lowest BCUT2D eigenvalue weighted by molar-refractivity contribution is -0.134. The number of rotatable bonds is 4. The molecule has 1 N–H and O–H groups in total. The molecule has 0 spiro atoms. The molecule has 0 fully saturated rings. The van der Waals surface area contributed by atoms with Crippen LogP contribution in [0.5, 0.6) is 11.5 Å². The molecule has 94 valence electrons. The van der Waals surface area contributed by atoms with Gasteiger partial charge in [-0.15, -0.1) is 0 Å². The molecule has 0 heterocycles. The van der Waals surface area contributed by atoms with E-state index in [1.54, 1.807) is 18.2 Å². The molecule has 2 rings (SSSR count). The summed E-state index contributed by atoms with van der Waals surface area (Å²) in [4.78, 5) is 11.6. The predicted molar refractivity (Wildman–Crippen MR) is 70.8 cm³/mol. The molecule has 0 saturated heterocycles. The highest BCUT2D eigenvalue weighted by molar-refractivity contribution is 5.94. The fourth-order valence-corrected chi connectivity index (χ4v) is 1.84. The topological polar surface area (TPSA) is 46.5 Å². The molecule has 3 nitrogen and oxygen atoms in total. The molecule has 0 aromatic heterocycles. The van der Waals surface area contributed by atoms with Crippen molar-refractivity contribution >= 4 is 16.7 Å². The molecule has 0 aliphatic carbocycles. The first-order valence-electron chi connectivity index (χ1n) is 6.13. The van der Waals surface area contributed by atoms with Gasteiger partial charge in [0, 0.05) is 17.2 Å². The molecule has 2 aromatic rings. The van der Waals surface area contributed by atoms with Crippen molar-refractivity contribution in [3.05, 3.63) is 36.4 Å². The maximum absolute atomic E-state index is 11.6. The van der Waals surface area contributed by atoms with E-state index < -0.39 is 0 Å². The van der Waals surface area contributed by atoms with E-state index in [-0.39, 0.29) is 11.7 Å². The first-order chi connectivity index (χ1) is 8.72. The molecule has 3 heteroatoms. The van der Waals surface area contributed by atoms with E-state index in [9.17, 15) is 9.90 Å². The molecule has 0 atom stereocenters. The Balaban J connectivity index is 2.29. The number of phenolic OH excluding ortho intramolecular Hbond substituents is 1. The van der Waals surface area contributed by atoms with Crippen molar-refractivity contribution in [1.29, 1.82) is 0 Å². The van der Waals surface area contributed by atoms with Crippen LogP contribution >= 0.6 is 0 Å². The molecule has 2 aromatic carbocycles. The van der Waals surface area contributed by atoms with Crippen LogP contribution in [0.4, 0.5) is 0 Å². The highest BCUT2D eigenvalue weighted by Crippen LogP contribution is 2.32. The lowest BCUT2D eigenvalue weighted by Crippen LogP contribution is -2.07. The van der Waals surface area contributed by atoms with Gasteiger partial charge in [0.2, 0.25) is 0 Å². The molecule has 0 amide bonds. The van der Waals surface area contributed by atoms with Crippen LogP contribution in [0.2, 0.25) is 0 Å². The Kier molecular flexibility index (Phi) is 3.82. The van der Waals surface area contributed by atoms with Gasteiger partial charge < -0.3 is 9.84 Å². The fraction of sp³-hybridized carbons (Fsp3) is 0.267. The Morgan fingerprint density at radius 1 is 1.17 bits per heavy atom. The maximum atomic E-state index is 11.6. The third kappa shape index (κ3) is 2.62. The van der Waals surface area contributed by atoms with Gasteiger partial charge in [-0.2, -0.15) is 0 Å². The molecule has 0 aliphatic heterocycles. The Bertz CT molecular complexity index is 561. The summed E-state index contributed by atoms with van der Waals surface area (Å²) in [7, 11) is 0. The number of aromatic hydroxyl groups is 1. The summed E-state index contributed by atoms with van der Waals surface area (Å²) in [6, 6.07) is 10.5. The van der Waals surface area contributed by atoms with Crippen molar-refractivity contribution in [2.24, 2.45) is 0 Å². The number of benzene rings is 2. The van der Waals surface area contributed by atoms with E-state index in [4.69, 9.17) is 4.74 Å². The number of hydrogen-bond acceptors (Lipinski definition) is 3. The summed E-state index contributed by atoms with van der Waals surface area (Å²) < 4.78 is 5.33. The van der Waals surface area contributed by atoms with Gasteiger partial charge in [0.05, 0.1) is 0 Å². The average molecular weight is 244 g/mol. The van der Waals surface area contributed by atoms with Crippen LogP contribution in [-0.4, -0.2) is 11.1 Å². The fourth-order valence-electron chi connectivity index (χ4n) is 1.84. The van der Waals surface area contributed by atoms with E-state index in [0.717, 1.165) is 18.2 Å². The lowest BCUT2D eigenvalue weighted by atomic mass is 10.1. The van der Waals surface area contributed by atoms with Crippen LogP contribution in [0.3, 0.4) is 0 Å². The monoisotopic (exact) mass is 244 g/mol. The smallest absolute Gasteiger partial charge is 0.311 e. The number of carbonyl (C=O) groups is 1. The molecular weight excluding hydrogens is 228 g/mol. The van der Waals surface area contributed by atoms with Gasteiger partial charge in [-0.25, -0.2) is 0 Å². The Morgan fingerprint density at radius 3 is 2.61 bits per heavy atom. The predicted octanol–water partition coefficient (Wildman–Crippen LogP) is 3.64. The van der Waals surface area contributed by atoms with Crippen molar-refractivity contribution in [3.8, 4) is 11.5 Å². The number of ether oxygens (including phenoxy) is 1. The van der Waals surface area contributed by atoms with Crippen LogP contribution in [0, 0.1) is 0 Å². The van der Waals surface area contributed by atoms with Gasteiger partial charge in [-0.3, -0.25) is 4.79 Å². The molecular formula is C15H16O3. The van der Waals surface area contributed by atoms with Crippen LogP contribution in [0.15, 0.2) is 36.4 Å². The summed E-state index contributed by atoms with van der Waals surface area (Å²) in [6.07, 6.45) is 2.21. The Morgan fingerprint density at radius 2 is 1.89 bits per heavy atom. The number of unbranched alkanes of at least 4 members (excludes halogenated alkanes) is 1. The van der Waals surface area contributed by atoms with Crippen LogP contribution in [-0.2, 0) is 4.79 Å². The molecule has 0 saturated carbocycles. The van der Waals surface area contributed by atoms with Crippen molar-refractivity contribution in [2.75, 3.05) is 0 Å². The maximum Gasteiger partial charge on any atom is 0.311 e. The molecule has 18 heavy (non-hydrogen) atoms. The van der Waals surface area contributed by atoms with Crippen molar-refractivity contribution in [3.63, 3.8) is 0 Å². The van der Waals surface area contributed by atoms with E-state index in [2.05, 4.69) is 0 Å². The summed E-state index contributed by atoms with van der Waals surface area (Å²) in [5.74, 6) is 0.469. The normalized spacial score (nSPS) is 10.5. The number of hydrogen-bond donors (Lipinski definition) is 1. The zero-order valence-corrected chi connectivity index (χ0v) is 10.3. The average Bonchev–Trinajstić information content (AvgIpc) is 2.40. The third-order valence-corrected chi connectivity index (χ3v) is 2.82. The highest BCUT2D eigenvalue weighted by atomic mass is 16.5. The molecule has 0 bridgehead atoms. The number of carbonyl (C=O) groups excluding carboxylic acids is 1. The summed E-state index contributed by atoms with van der Waals surface area (Å²) in [5, 5.41) is 11.2. The van der Waals surface area contributed by atoms with Crippen LogP contribution in [0.1, 0.15) is 26.2 Å². The Labute approximate surface area is 106 Å². The molecule has 0 radical (unpaired) electrons. The van der Waals surface area contributed by atoms with E-state index in [1.165, 1.54) is 0 Å². The number of phenols is 1. The van der Waals surface area contributed by atoms with Gasteiger partial charge in [0.25, 0.3) is 0 Å². The zero-order chi connectivity index (χ0) is 13.0. The van der Waals surface area contributed by atoms with E-state index in [0.29, 0.717) is 17.6 Å². The zero-order valence-electron chi connectivity index (χ0n) is 10.3. The van der Waals surface area contributed by atoms with Gasteiger partial charge >= 0.3 is 5.97 Å². The van der Waals surface area contributed by atoms with Crippen LogP contribution < -0.4 is 4.74 Å². The second kappa shape index (κ2) is 5.54. The number of esters is 1. The second-order valence-electron chi connectivity index (χ2n) is 4.21. The van der Waals surface area contributed by atoms with Crippen molar-refractivity contribution in [2.45, 2.75) is 26.2 Å². The lowest BCUT2D eigenvalue weighted by Gasteiger charge is -2.08. The van der Waals surface area contributed by atoms with Gasteiger partial charge in [0.15, 0.2) is 0 Å².